The van der Waals surface area contributed by atoms with Crippen molar-refractivity contribution in [2.75, 3.05) is 0 Å². The van der Waals surface area contributed by atoms with Crippen LogP contribution in [0.1, 0.15) is 0 Å². The van der Waals surface area contributed by atoms with Crippen molar-refractivity contribution < 1.29 is 10.0 Å². The van der Waals surface area contributed by atoms with Crippen molar-refractivity contribution >= 4 is 138 Å². The highest BCUT2D eigenvalue weighted by Crippen LogP contribution is 2.38. The van der Waals surface area contributed by atoms with E-state index in [1.807, 2.05) is 109 Å². The fourth-order valence-corrected chi connectivity index (χ4v) is 11.8. The van der Waals surface area contributed by atoms with E-state index in [4.69, 9.17) is 0 Å². The Morgan fingerprint density at radius 3 is 1.28 bits per heavy atom. The van der Waals surface area contributed by atoms with E-state index in [-0.39, 0.29) is 11.1 Å². The van der Waals surface area contributed by atoms with Crippen LogP contribution in [0.4, 0.5) is 0 Å². The summed E-state index contributed by atoms with van der Waals surface area (Å²) in [4.78, 5) is 37.4. The number of hydrogen-bond acceptors (Lipinski definition) is 4. The number of pyridine rings is 2. The summed E-state index contributed by atoms with van der Waals surface area (Å²) < 4.78 is 5.53. The molecule has 0 saturated heterocycles. The van der Waals surface area contributed by atoms with E-state index in [0.29, 0.717) is 16.5 Å². The lowest BCUT2D eigenvalue weighted by atomic mass is 9.80. The molecule has 0 aliphatic heterocycles. The van der Waals surface area contributed by atoms with Crippen molar-refractivity contribution in [2.24, 2.45) is 0 Å². The molecule has 10 nitrogen and oxygen atoms in total. The van der Waals surface area contributed by atoms with Gasteiger partial charge in [-0.3, -0.25) is 9.59 Å². The first-order valence-corrected chi connectivity index (χ1v) is 26.4. The van der Waals surface area contributed by atoms with Gasteiger partial charge in [-0.15, -0.1) is 0 Å². The van der Waals surface area contributed by atoms with Crippen LogP contribution in [0.3, 0.4) is 0 Å². The van der Waals surface area contributed by atoms with Crippen LogP contribution in [0, 0.1) is 0 Å². The number of fused-ring (bicyclic) bond motifs is 16. The smallest absolute Gasteiger partial charge is 0.423 e. The van der Waals surface area contributed by atoms with Gasteiger partial charge in [-0.05, 0) is 114 Å². The molecule has 16 rings (SSSR count). The Kier molecular flexibility index (Phi) is 11.3. The molecule has 12 heteroatoms. The molecule has 0 fully saturated rings. The van der Waals surface area contributed by atoms with E-state index >= 15 is 0 Å². The standard InChI is InChI=1S/C33H21N3O.C18H14BNO2.C15H9BrN2O/c37-33-32-31(24-11-4-6-12-27(24)35-33)26-19-20(14-16-28(26)34-32)21-15-17-30-25(18-21)23-10-5-7-13-29(23)36(30)22-8-2-1-3-9-22;21-19(22)13-10-11-18-16(12-13)15-8-4-5-9-17(15)20(18)14-6-2-1-3-7-14;16-8-5-6-12-10(7-8)13-9-3-1-2-4-11(9)18-15(19)14(13)17-12/h1-19,34H,(H,35,37);1-12,21-22H;1-7,17H,(H,18,19). The van der Waals surface area contributed by atoms with Gasteiger partial charge in [0.1, 0.15) is 11.0 Å². The van der Waals surface area contributed by atoms with Crippen LogP contribution >= 0.6 is 15.9 Å². The van der Waals surface area contributed by atoms with Gasteiger partial charge in [0.05, 0.1) is 22.1 Å². The van der Waals surface area contributed by atoms with E-state index < -0.39 is 7.12 Å². The largest absolute Gasteiger partial charge is 0.488 e. The Morgan fingerprint density at radius 2 is 0.744 bits per heavy atom. The molecule has 78 heavy (non-hydrogen) atoms. The van der Waals surface area contributed by atoms with Gasteiger partial charge in [0, 0.05) is 91.8 Å². The normalized spacial score (nSPS) is 11.6. The summed E-state index contributed by atoms with van der Waals surface area (Å²) in [5.41, 5.74) is 14.3. The maximum absolute atomic E-state index is 12.8. The van der Waals surface area contributed by atoms with Crippen molar-refractivity contribution in [3.63, 3.8) is 0 Å². The molecule has 0 unspecified atom stereocenters. The highest BCUT2D eigenvalue weighted by atomic mass is 79.9. The topological polar surface area (TPSA) is 148 Å². The average Bonchev–Trinajstić information content (AvgIpc) is 4.45. The fraction of sp³-hybridized carbons (Fsp3) is 0. The van der Waals surface area contributed by atoms with Crippen molar-refractivity contribution in [1.82, 2.24) is 29.1 Å². The molecular weight excluding hydrogens is 1030 g/mol. The third-order valence-corrected chi connectivity index (χ3v) is 15.4. The number of aromatic nitrogens is 6. The fourth-order valence-electron chi connectivity index (χ4n) is 11.4. The second-order valence-electron chi connectivity index (χ2n) is 19.5. The lowest BCUT2D eigenvalue weighted by Crippen LogP contribution is -2.29. The number of benzene rings is 10. The summed E-state index contributed by atoms with van der Waals surface area (Å²) in [7, 11) is -1.46. The molecule has 10 aromatic carbocycles. The Morgan fingerprint density at radius 1 is 0.346 bits per heavy atom. The number of nitrogens with zero attached hydrogens (tertiary/aromatic N) is 2. The van der Waals surface area contributed by atoms with Crippen LogP contribution < -0.4 is 16.6 Å². The van der Waals surface area contributed by atoms with Crippen molar-refractivity contribution in [2.45, 2.75) is 0 Å². The Hall–Kier alpha value is -9.72. The lowest BCUT2D eigenvalue weighted by molar-refractivity contribution is 0.426. The molecule has 0 saturated carbocycles. The molecule has 16 aromatic rings. The number of para-hydroxylation sites is 6. The maximum Gasteiger partial charge on any atom is 0.488 e. The number of hydrogen-bond donors (Lipinski definition) is 6. The van der Waals surface area contributed by atoms with Crippen LogP contribution in [-0.2, 0) is 0 Å². The summed E-state index contributed by atoms with van der Waals surface area (Å²) in [6.45, 7) is 0. The number of H-pyrrole nitrogens is 4. The van der Waals surface area contributed by atoms with E-state index in [1.165, 1.54) is 21.8 Å². The SMILES string of the molecule is O=c1[nH]c2ccccc2c2c1[nH]c1ccc(-c3ccc4c(c3)c3ccccc3n4-c3ccccc3)cc12.O=c1[nH]c2ccccc2c2c1[nH]c1ccc(Br)cc12.OB(O)c1ccc2c(c1)c1ccccc1n2-c1ccccc1. The monoisotopic (exact) mass is 1070 g/mol. The molecule has 0 amide bonds. The molecule has 372 valence electrons. The second kappa shape index (κ2) is 18.8. The minimum absolute atomic E-state index is 0.0824. The number of aromatic amines is 4. The molecule has 0 bridgehead atoms. The molecule has 0 aliphatic rings. The first kappa shape index (κ1) is 46.8. The van der Waals surface area contributed by atoms with Gasteiger partial charge in [0.15, 0.2) is 0 Å². The van der Waals surface area contributed by atoms with Gasteiger partial charge in [-0.25, -0.2) is 0 Å². The molecule has 0 atom stereocenters. The molecule has 0 spiro atoms. The minimum Gasteiger partial charge on any atom is -0.423 e. The minimum atomic E-state index is -1.46. The molecule has 6 N–H and O–H groups in total. The van der Waals surface area contributed by atoms with Crippen LogP contribution in [0.5, 0.6) is 0 Å². The average molecular weight is 1080 g/mol. The van der Waals surface area contributed by atoms with Crippen molar-refractivity contribution in [3.05, 3.63) is 256 Å². The predicted molar refractivity (Wildman–Crippen MR) is 326 cm³/mol. The van der Waals surface area contributed by atoms with E-state index in [2.05, 4.69) is 160 Å². The summed E-state index contributed by atoms with van der Waals surface area (Å²) in [6.07, 6.45) is 0. The van der Waals surface area contributed by atoms with E-state index in [9.17, 15) is 19.6 Å². The van der Waals surface area contributed by atoms with E-state index in [0.717, 1.165) is 103 Å². The molecule has 0 aliphatic carbocycles. The zero-order valence-electron chi connectivity index (χ0n) is 41.5. The molecule has 6 aromatic heterocycles. The maximum atomic E-state index is 12.8. The van der Waals surface area contributed by atoms with Crippen LogP contribution in [0.2, 0.25) is 0 Å². The zero-order chi connectivity index (χ0) is 52.6. The van der Waals surface area contributed by atoms with Gasteiger partial charge in [0.25, 0.3) is 11.1 Å². The zero-order valence-corrected chi connectivity index (χ0v) is 43.1. The molecular formula is C66H44BBrN6O4. The van der Waals surface area contributed by atoms with Gasteiger partial charge < -0.3 is 39.1 Å². The number of halogens is 1. The summed E-state index contributed by atoms with van der Waals surface area (Å²) in [6, 6.07) is 77.9. The summed E-state index contributed by atoms with van der Waals surface area (Å²) in [5, 5.41) is 29.6. The highest BCUT2D eigenvalue weighted by Gasteiger charge is 2.19. The van der Waals surface area contributed by atoms with Crippen molar-refractivity contribution in [1.29, 1.82) is 0 Å². The van der Waals surface area contributed by atoms with E-state index in [1.54, 1.807) is 6.07 Å². The van der Waals surface area contributed by atoms with Gasteiger partial charge in [-0.2, -0.15) is 0 Å². The van der Waals surface area contributed by atoms with Crippen molar-refractivity contribution in [3.8, 4) is 22.5 Å². The van der Waals surface area contributed by atoms with Gasteiger partial charge >= 0.3 is 7.12 Å². The number of rotatable bonds is 4. The van der Waals surface area contributed by atoms with Crippen LogP contribution in [0.25, 0.3) is 132 Å². The Labute approximate surface area is 452 Å². The summed E-state index contributed by atoms with van der Waals surface area (Å²) >= 11 is 3.49. The Bertz CT molecular complexity index is 5150. The first-order chi connectivity index (χ1) is 38.3. The third-order valence-electron chi connectivity index (χ3n) is 14.9. The second-order valence-corrected chi connectivity index (χ2v) is 20.4. The first-order valence-electron chi connectivity index (χ1n) is 25.6. The van der Waals surface area contributed by atoms with Gasteiger partial charge in [-0.1, -0.05) is 149 Å². The lowest BCUT2D eigenvalue weighted by Gasteiger charge is -2.08. The number of nitrogens with one attached hydrogen (secondary N) is 4. The predicted octanol–water partition coefficient (Wildman–Crippen LogP) is 14.3. The summed E-state index contributed by atoms with van der Waals surface area (Å²) in [5.74, 6) is 0. The molecule has 0 radical (unpaired) electrons. The highest BCUT2D eigenvalue weighted by molar-refractivity contribution is 9.10. The van der Waals surface area contributed by atoms with Crippen LogP contribution in [0.15, 0.2) is 245 Å². The quantitative estimate of drug-likeness (QED) is 0.0974. The van der Waals surface area contributed by atoms with Crippen LogP contribution in [-0.4, -0.2) is 46.2 Å². The Balaban J connectivity index is 0.000000115. The third kappa shape index (κ3) is 7.80. The van der Waals surface area contributed by atoms with Gasteiger partial charge in [0.2, 0.25) is 0 Å². The molecule has 6 heterocycles.